The maximum absolute atomic E-state index is 13.2. The van der Waals surface area contributed by atoms with Crippen molar-refractivity contribution in [1.29, 1.82) is 0 Å². The van der Waals surface area contributed by atoms with Crippen LogP contribution in [0.3, 0.4) is 0 Å². The fourth-order valence-electron chi connectivity index (χ4n) is 13.9. The lowest BCUT2D eigenvalue weighted by molar-refractivity contribution is -0.205. The minimum absolute atomic E-state index is 0.127. The summed E-state index contributed by atoms with van der Waals surface area (Å²) < 4.78 is 37.5. The van der Waals surface area contributed by atoms with E-state index in [0.717, 1.165) is 28.6 Å². The van der Waals surface area contributed by atoms with Crippen molar-refractivity contribution in [3.63, 3.8) is 0 Å². The van der Waals surface area contributed by atoms with Crippen LogP contribution in [0.4, 0.5) is 0 Å². The number of ether oxygens (including phenoxy) is 6. The second kappa shape index (κ2) is 16.2. The minimum atomic E-state index is -0.902. The van der Waals surface area contributed by atoms with Gasteiger partial charge in [0.2, 0.25) is 0 Å². The monoisotopic (exact) mass is 890 g/mol. The predicted molar refractivity (Wildman–Crippen MR) is 249 cm³/mol. The van der Waals surface area contributed by atoms with Gasteiger partial charge in [-0.15, -0.1) is 0 Å². The summed E-state index contributed by atoms with van der Waals surface area (Å²) in [5, 5.41) is 0. The first kappa shape index (κ1) is 41.1. The highest BCUT2D eigenvalue weighted by molar-refractivity contribution is 8.17. The molecule has 0 N–H and O–H groups in total. The second-order valence-electron chi connectivity index (χ2n) is 20.7. The molecule has 0 spiro atoms. The van der Waals surface area contributed by atoms with E-state index in [4.69, 9.17) is 28.4 Å². The van der Waals surface area contributed by atoms with Gasteiger partial charge < -0.3 is 28.4 Å². The fraction of sp³-hybridized carbons (Fsp3) is 0.429. The third-order valence-corrected chi connectivity index (χ3v) is 19.2. The highest BCUT2D eigenvalue weighted by atomic mass is 32.2. The van der Waals surface area contributed by atoms with E-state index in [2.05, 4.69) is 74.5 Å². The molecule has 8 fully saturated rings. The quantitative estimate of drug-likeness (QED) is 0.0906. The summed E-state index contributed by atoms with van der Waals surface area (Å²) in [7, 11) is -0.902. The molecule has 0 radical (unpaired) electrons. The largest absolute Gasteiger partial charge is 0.482 e. The van der Waals surface area contributed by atoms with Crippen LogP contribution in [0.25, 0.3) is 11.1 Å². The Balaban J connectivity index is 0.732. The summed E-state index contributed by atoms with van der Waals surface area (Å²) in [6, 6.07) is 38.1. The zero-order valence-electron chi connectivity index (χ0n) is 37.3. The Hall–Kier alpha value is -5.41. The molecule has 8 aliphatic carbocycles. The van der Waals surface area contributed by atoms with Gasteiger partial charge in [0.05, 0.1) is 0 Å². The van der Waals surface area contributed by atoms with Gasteiger partial charge in [0.15, 0.2) is 13.2 Å². The summed E-state index contributed by atoms with van der Waals surface area (Å²) in [5.41, 5.74) is 1.74. The first-order chi connectivity index (χ1) is 31.6. The summed E-state index contributed by atoms with van der Waals surface area (Å²) >= 11 is 0. The van der Waals surface area contributed by atoms with Crippen LogP contribution in [0.15, 0.2) is 130 Å². The van der Waals surface area contributed by atoms with Crippen molar-refractivity contribution in [3.8, 4) is 45.6 Å². The van der Waals surface area contributed by atoms with E-state index < -0.39 is 10.9 Å². The van der Waals surface area contributed by atoms with Crippen LogP contribution >= 0.6 is 10.9 Å². The van der Waals surface area contributed by atoms with Crippen LogP contribution in [0.2, 0.25) is 0 Å². The Morgan fingerprint density at radius 3 is 1.20 bits per heavy atom. The van der Waals surface area contributed by atoms with Crippen molar-refractivity contribution in [1.82, 2.24) is 0 Å². The van der Waals surface area contributed by atoms with Gasteiger partial charge in [0.1, 0.15) is 45.7 Å². The predicted octanol–water partition coefficient (Wildman–Crippen LogP) is 13.0. The number of carbonyl (C=O) groups excluding carboxylic acids is 2. The van der Waals surface area contributed by atoms with Crippen molar-refractivity contribution in [3.05, 3.63) is 115 Å². The number of esters is 2. The molecule has 1 heterocycles. The van der Waals surface area contributed by atoms with E-state index in [-0.39, 0.29) is 36.4 Å². The lowest BCUT2D eigenvalue weighted by Gasteiger charge is -2.59. The summed E-state index contributed by atoms with van der Waals surface area (Å²) in [5.74, 6) is 8.16. The Bertz CT molecular complexity index is 2390. The fourth-order valence-corrected chi connectivity index (χ4v) is 16.6. The Kier molecular flexibility index (Phi) is 10.2. The molecule has 0 amide bonds. The number of fused-ring (bicyclic) bond motifs is 3. The molecule has 8 nitrogen and oxygen atoms in total. The van der Waals surface area contributed by atoms with Gasteiger partial charge in [-0.2, -0.15) is 10.9 Å². The minimum Gasteiger partial charge on any atom is -0.482 e. The average molecular weight is 891 g/mol. The molecular formula is C56H58O8S. The zero-order valence-corrected chi connectivity index (χ0v) is 38.2. The van der Waals surface area contributed by atoms with Gasteiger partial charge in [-0.25, -0.2) is 9.59 Å². The van der Waals surface area contributed by atoms with Crippen LogP contribution in [0.1, 0.15) is 78.1 Å². The lowest BCUT2D eigenvalue weighted by Crippen LogP contribution is -2.58. The molecule has 0 saturated heterocycles. The number of hydrogen-bond donors (Lipinski definition) is 1. The summed E-state index contributed by atoms with van der Waals surface area (Å²) in [6.45, 7) is 4.07. The number of benzene rings is 5. The molecule has 0 unspecified atom stereocenters. The highest BCUT2D eigenvalue weighted by Gasteiger charge is 2.58. The van der Waals surface area contributed by atoms with E-state index in [1.165, 1.54) is 85.1 Å². The molecule has 0 aromatic heterocycles. The zero-order chi connectivity index (χ0) is 43.9. The summed E-state index contributed by atoms with van der Waals surface area (Å²) in [4.78, 5) is 30.0. The lowest BCUT2D eigenvalue weighted by atomic mass is 9.50. The Morgan fingerprint density at radius 1 is 0.462 bits per heavy atom. The van der Waals surface area contributed by atoms with E-state index in [1.807, 2.05) is 54.6 Å². The topological polar surface area (TPSA) is 89.5 Å². The molecule has 1 aliphatic heterocycles. The van der Waals surface area contributed by atoms with Crippen LogP contribution in [-0.4, -0.2) is 36.4 Å². The Morgan fingerprint density at radius 2 is 0.815 bits per heavy atom. The number of hydrogen-bond acceptors (Lipinski definition) is 8. The van der Waals surface area contributed by atoms with Crippen molar-refractivity contribution in [2.45, 2.75) is 104 Å². The molecule has 0 atom stereocenters. The normalized spacial score (nSPS) is 31.2. The number of rotatable bonds is 13. The molecule has 9 aliphatic rings. The van der Waals surface area contributed by atoms with Crippen molar-refractivity contribution in [2.75, 3.05) is 13.2 Å². The molecule has 8 bridgehead atoms. The van der Waals surface area contributed by atoms with Crippen molar-refractivity contribution < 1.29 is 38.0 Å². The van der Waals surface area contributed by atoms with Crippen LogP contribution in [-0.2, 0) is 19.1 Å². The molecule has 14 rings (SSSR count). The van der Waals surface area contributed by atoms with Gasteiger partial charge >= 0.3 is 11.9 Å². The van der Waals surface area contributed by atoms with Gasteiger partial charge in [0.25, 0.3) is 0 Å². The average Bonchev–Trinajstić information content (AvgIpc) is 3.64. The van der Waals surface area contributed by atoms with E-state index >= 15 is 0 Å². The van der Waals surface area contributed by atoms with Crippen LogP contribution in [0, 0.1) is 47.3 Å². The standard InChI is InChI=1S/C56H58O8S/c1-55(38-21-34-19-35(23-38)24-39(55)22-34)63-53(57)32-59-42-11-15-44(16-12-42)61-46-29-47(31-48(30-46)65-51-9-5-3-7-49(51)50-8-4-6-10-52(50)65)62-45-17-13-43(14-18-45)60-33-54(58)64-56(2)40-25-36-20-37(27-40)28-41(56)26-36/h3-18,29-31,34-41,65H,19-28,32-33H2,1-2H3. The van der Waals surface area contributed by atoms with Gasteiger partial charge in [-0.3, -0.25) is 0 Å². The van der Waals surface area contributed by atoms with Crippen molar-refractivity contribution >= 4 is 22.8 Å². The maximum Gasteiger partial charge on any atom is 0.344 e. The molecule has 65 heavy (non-hydrogen) atoms. The van der Waals surface area contributed by atoms with E-state index in [1.54, 1.807) is 0 Å². The molecule has 5 aromatic rings. The third-order valence-electron chi connectivity index (χ3n) is 16.7. The van der Waals surface area contributed by atoms with E-state index in [0.29, 0.717) is 58.2 Å². The Labute approximate surface area is 384 Å². The molecule has 5 aromatic carbocycles. The highest BCUT2D eigenvalue weighted by Crippen LogP contribution is 2.64. The number of carbonyl (C=O) groups is 2. The summed E-state index contributed by atoms with van der Waals surface area (Å²) in [6.07, 6.45) is 12.2. The van der Waals surface area contributed by atoms with E-state index in [9.17, 15) is 9.59 Å². The molecule has 8 saturated carbocycles. The molecule has 9 heteroatoms. The van der Waals surface area contributed by atoms with Gasteiger partial charge in [-0.1, -0.05) is 36.4 Å². The third kappa shape index (κ3) is 7.65. The van der Waals surface area contributed by atoms with Crippen LogP contribution < -0.4 is 18.9 Å². The van der Waals surface area contributed by atoms with Gasteiger partial charge in [0, 0.05) is 20.8 Å². The SMILES string of the molecule is CC1(OC(=O)COc2ccc(Oc3cc(Oc4ccc(OCC(=O)OC5(C)C6CC7CC(C6)CC5C7)cc4)cc([SH]4c5ccccc5-c5ccccc54)c3)cc2)C2CC3CC(C2)CC1C3. The van der Waals surface area contributed by atoms with Crippen LogP contribution in [0.5, 0.6) is 34.5 Å². The first-order valence-electron chi connectivity index (χ1n) is 24.0. The maximum atomic E-state index is 13.2. The number of thiol groups is 1. The molecule has 336 valence electrons. The smallest absolute Gasteiger partial charge is 0.344 e. The van der Waals surface area contributed by atoms with Gasteiger partial charge in [-0.05, 0) is 209 Å². The first-order valence-corrected chi connectivity index (χ1v) is 25.3. The van der Waals surface area contributed by atoms with Crippen molar-refractivity contribution in [2.24, 2.45) is 47.3 Å². The molecular weight excluding hydrogens is 833 g/mol. The second-order valence-corrected chi connectivity index (χ2v) is 22.8.